The predicted octanol–water partition coefficient (Wildman–Crippen LogP) is 0.319. The molecule has 17 heavy (non-hydrogen) atoms. The van der Waals surface area contributed by atoms with Crippen LogP contribution in [0.25, 0.3) is 0 Å². The van der Waals surface area contributed by atoms with Gasteiger partial charge in [0, 0.05) is 32.7 Å². The van der Waals surface area contributed by atoms with Gasteiger partial charge in [-0.15, -0.1) is 0 Å². The van der Waals surface area contributed by atoms with Crippen molar-refractivity contribution < 1.29 is 0 Å². The first-order valence-electron chi connectivity index (χ1n) is 5.82. The van der Waals surface area contributed by atoms with Gasteiger partial charge < -0.3 is 10.6 Å². The third-order valence-electron chi connectivity index (χ3n) is 3.57. The van der Waals surface area contributed by atoms with Crippen LogP contribution in [0.1, 0.15) is 11.7 Å². The Hall–Kier alpha value is -0.620. The second kappa shape index (κ2) is 4.94. The van der Waals surface area contributed by atoms with Crippen LogP contribution in [0, 0.1) is 0 Å². The molecule has 2 rings (SSSR count). The van der Waals surface area contributed by atoms with Gasteiger partial charge in [0.25, 0.3) is 0 Å². The van der Waals surface area contributed by atoms with Crippen molar-refractivity contribution in [2.45, 2.75) is 12.1 Å². The molecular weight excluding hydrogens is 238 g/mol. The lowest BCUT2D eigenvalue weighted by Crippen LogP contribution is -2.54. The Labute approximate surface area is 107 Å². The quantitative estimate of drug-likeness (QED) is 0.829. The van der Waals surface area contributed by atoms with Crippen LogP contribution < -0.4 is 5.73 Å². The van der Waals surface area contributed by atoms with E-state index < -0.39 is 0 Å². The van der Waals surface area contributed by atoms with Crippen LogP contribution in [-0.4, -0.2) is 59.4 Å². The fourth-order valence-electron chi connectivity index (χ4n) is 2.41. The highest BCUT2D eigenvalue weighted by molar-refractivity contribution is 6.31. The zero-order valence-corrected chi connectivity index (χ0v) is 11.4. The van der Waals surface area contributed by atoms with Crippen LogP contribution >= 0.6 is 11.6 Å². The van der Waals surface area contributed by atoms with E-state index in [9.17, 15) is 0 Å². The fraction of sp³-hybridized carbons (Fsp3) is 0.727. The van der Waals surface area contributed by atoms with Gasteiger partial charge in [-0.05, 0) is 14.1 Å². The van der Waals surface area contributed by atoms with Crippen molar-refractivity contribution in [1.82, 2.24) is 19.6 Å². The SMILES string of the molecule is CN1CCN(C)C(C(N)c2c(Cl)cnn2C)C1. The van der Waals surface area contributed by atoms with Crippen molar-refractivity contribution in [2.75, 3.05) is 33.7 Å². The van der Waals surface area contributed by atoms with Crippen molar-refractivity contribution >= 4 is 11.6 Å². The van der Waals surface area contributed by atoms with Crippen LogP contribution in [0.5, 0.6) is 0 Å². The molecule has 2 unspecified atom stereocenters. The molecule has 6 heteroatoms. The summed E-state index contributed by atoms with van der Waals surface area (Å²) in [6, 6.07) is 0.171. The molecule has 1 fully saturated rings. The summed E-state index contributed by atoms with van der Waals surface area (Å²) in [5.74, 6) is 0. The average molecular weight is 258 g/mol. The van der Waals surface area contributed by atoms with Gasteiger partial charge in [0.2, 0.25) is 0 Å². The lowest BCUT2D eigenvalue weighted by molar-refractivity contribution is 0.0956. The smallest absolute Gasteiger partial charge is 0.0834 e. The number of nitrogens with zero attached hydrogens (tertiary/aromatic N) is 4. The van der Waals surface area contributed by atoms with Crippen LogP contribution in [0.2, 0.25) is 5.02 Å². The Bertz CT molecular complexity index is 372. The standard InChI is InChI=1S/C11H20ClN5/c1-15-4-5-16(2)9(7-15)10(13)11-8(12)6-14-17(11)3/h6,9-10H,4-5,7,13H2,1-3H3. The summed E-state index contributed by atoms with van der Waals surface area (Å²) in [6.07, 6.45) is 1.66. The topological polar surface area (TPSA) is 50.3 Å². The first-order valence-corrected chi connectivity index (χ1v) is 6.20. The van der Waals surface area contributed by atoms with E-state index in [4.69, 9.17) is 17.3 Å². The van der Waals surface area contributed by atoms with E-state index in [0.717, 1.165) is 25.3 Å². The number of hydrogen-bond donors (Lipinski definition) is 1. The zero-order chi connectivity index (χ0) is 12.6. The normalized spacial score (nSPS) is 25.1. The summed E-state index contributed by atoms with van der Waals surface area (Å²) in [4.78, 5) is 4.60. The van der Waals surface area contributed by atoms with Gasteiger partial charge in [-0.2, -0.15) is 5.10 Å². The molecule has 1 aromatic rings. The summed E-state index contributed by atoms with van der Waals surface area (Å²) >= 11 is 6.15. The van der Waals surface area contributed by atoms with E-state index in [1.165, 1.54) is 0 Å². The molecule has 0 radical (unpaired) electrons. The molecule has 2 heterocycles. The zero-order valence-electron chi connectivity index (χ0n) is 10.6. The Morgan fingerprint density at radius 2 is 2.12 bits per heavy atom. The van der Waals surface area contributed by atoms with Gasteiger partial charge in [-0.3, -0.25) is 9.58 Å². The molecular formula is C11H20ClN5. The highest BCUT2D eigenvalue weighted by Gasteiger charge is 2.31. The van der Waals surface area contributed by atoms with Crippen molar-refractivity contribution in [2.24, 2.45) is 12.8 Å². The number of rotatable bonds is 2. The van der Waals surface area contributed by atoms with E-state index in [-0.39, 0.29) is 12.1 Å². The van der Waals surface area contributed by atoms with E-state index in [0.29, 0.717) is 5.02 Å². The molecule has 1 saturated heterocycles. The molecule has 0 saturated carbocycles. The molecule has 96 valence electrons. The van der Waals surface area contributed by atoms with Crippen molar-refractivity contribution in [3.05, 3.63) is 16.9 Å². The fourth-order valence-corrected chi connectivity index (χ4v) is 2.70. The highest BCUT2D eigenvalue weighted by atomic mass is 35.5. The third kappa shape index (κ3) is 2.47. The summed E-state index contributed by atoms with van der Waals surface area (Å²) in [5.41, 5.74) is 7.27. The molecule has 2 atom stereocenters. The molecule has 1 aliphatic heterocycles. The van der Waals surface area contributed by atoms with Gasteiger partial charge in [0.15, 0.2) is 0 Å². The Morgan fingerprint density at radius 1 is 1.41 bits per heavy atom. The lowest BCUT2D eigenvalue weighted by Gasteiger charge is -2.40. The van der Waals surface area contributed by atoms with Crippen LogP contribution in [0.4, 0.5) is 0 Å². The summed E-state index contributed by atoms with van der Waals surface area (Å²) in [6.45, 7) is 3.07. The first kappa shape index (κ1) is 12.8. The number of aryl methyl sites for hydroxylation is 1. The number of hydrogen-bond acceptors (Lipinski definition) is 4. The number of aromatic nitrogens is 2. The average Bonchev–Trinajstić information content (AvgIpc) is 2.61. The molecule has 0 bridgehead atoms. The van der Waals surface area contributed by atoms with Gasteiger partial charge in [0.1, 0.15) is 0 Å². The Kier molecular flexibility index (Phi) is 3.73. The number of piperazine rings is 1. The van der Waals surface area contributed by atoms with Crippen LogP contribution in [-0.2, 0) is 7.05 Å². The Balaban J connectivity index is 2.21. The third-order valence-corrected chi connectivity index (χ3v) is 3.86. The molecule has 0 amide bonds. The number of halogens is 1. The Morgan fingerprint density at radius 3 is 2.71 bits per heavy atom. The lowest BCUT2D eigenvalue weighted by atomic mass is 10.0. The summed E-state index contributed by atoms with van der Waals surface area (Å²) < 4.78 is 1.77. The summed E-state index contributed by atoms with van der Waals surface area (Å²) in [7, 11) is 6.12. The maximum Gasteiger partial charge on any atom is 0.0834 e. The largest absolute Gasteiger partial charge is 0.321 e. The monoisotopic (exact) mass is 257 g/mol. The van der Waals surface area contributed by atoms with Gasteiger partial charge in [0.05, 0.1) is 23.0 Å². The maximum absolute atomic E-state index is 6.35. The molecule has 2 N–H and O–H groups in total. The van der Waals surface area contributed by atoms with E-state index in [2.05, 4.69) is 29.0 Å². The van der Waals surface area contributed by atoms with E-state index in [1.807, 2.05) is 7.05 Å². The van der Waals surface area contributed by atoms with Crippen LogP contribution in [0.3, 0.4) is 0 Å². The van der Waals surface area contributed by atoms with E-state index >= 15 is 0 Å². The van der Waals surface area contributed by atoms with Crippen molar-refractivity contribution in [1.29, 1.82) is 0 Å². The van der Waals surface area contributed by atoms with E-state index in [1.54, 1.807) is 10.9 Å². The molecule has 1 aliphatic rings. The molecule has 0 aromatic carbocycles. The molecule has 5 nitrogen and oxygen atoms in total. The number of nitrogens with two attached hydrogens (primary N) is 1. The second-order valence-corrected chi connectivity index (χ2v) is 5.24. The van der Waals surface area contributed by atoms with Gasteiger partial charge in [-0.25, -0.2) is 0 Å². The minimum atomic E-state index is -0.109. The first-order chi connectivity index (χ1) is 8.00. The van der Waals surface area contributed by atoms with Crippen molar-refractivity contribution in [3.63, 3.8) is 0 Å². The minimum absolute atomic E-state index is 0.109. The predicted molar refractivity (Wildman–Crippen MR) is 69.1 cm³/mol. The molecule has 0 aliphatic carbocycles. The van der Waals surface area contributed by atoms with Gasteiger partial charge >= 0.3 is 0 Å². The number of likely N-dealkylation sites (N-methyl/N-ethyl adjacent to an activating group) is 2. The maximum atomic E-state index is 6.35. The van der Waals surface area contributed by atoms with Gasteiger partial charge in [-0.1, -0.05) is 11.6 Å². The summed E-state index contributed by atoms with van der Waals surface area (Å²) in [5, 5.41) is 4.80. The second-order valence-electron chi connectivity index (χ2n) is 4.84. The van der Waals surface area contributed by atoms with Crippen LogP contribution in [0.15, 0.2) is 6.20 Å². The van der Waals surface area contributed by atoms with Crippen molar-refractivity contribution in [3.8, 4) is 0 Å². The highest BCUT2D eigenvalue weighted by Crippen LogP contribution is 2.26. The molecule has 0 spiro atoms. The molecule has 1 aromatic heterocycles. The minimum Gasteiger partial charge on any atom is -0.321 e.